The highest BCUT2D eigenvalue weighted by atomic mass is 16.5. The van der Waals surface area contributed by atoms with Gasteiger partial charge in [0.25, 0.3) is 0 Å². The number of nitrogens with two attached hydrogens (primary N) is 1. The highest BCUT2D eigenvalue weighted by Gasteiger charge is 2.19. The molecule has 0 bridgehead atoms. The fourth-order valence-electron chi connectivity index (χ4n) is 1.53. The van der Waals surface area contributed by atoms with E-state index in [1.807, 2.05) is 13.0 Å². The van der Waals surface area contributed by atoms with E-state index in [2.05, 4.69) is 26.0 Å². The molecule has 1 rings (SSSR count). The summed E-state index contributed by atoms with van der Waals surface area (Å²) in [6.07, 6.45) is 0. The summed E-state index contributed by atoms with van der Waals surface area (Å²) in [5.74, 6) is 1.27. The molecular formula is C14H23NO2. The zero-order valence-corrected chi connectivity index (χ0v) is 11.2. The Balaban J connectivity index is 2.85. The quantitative estimate of drug-likeness (QED) is 0.825. The van der Waals surface area contributed by atoms with Crippen LogP contribution in [0.2, 0.25) is 0 Å². The molecule has 0 aliphatic heterocycles. The van der Waals surface area contributed by atoms with E-state index in [9.17, 15) is 0 Å². The second kappa shape index (κ2) is 5.52. The van der Waals surface area contributed by atoms with Crippen LogP contribution in [0, 0.1) is 6.92 Å². The molecule has 0 spiro atoms. The van der Waals surface area contributed by atoms with E-state index in [0.717, 1.165) is 11.3 Å². The molecule has 1 atom stereocenters. The summed E-state index contributed by atoms with van der Waals surface area (Å²) in [6.45, 7) is 8.29. The van der Waals surface area contributed by atoms with Crippen molar-refractivity contribution in [2.45, 2.75) is 39.2 Å². The lowest BCUT2D eigenvalue weighted by Gasteiger charge is -2.23. The summed E-state index contributed by atoms with van der Waals surface area (Å²) in [4.78, 5) is 0. The van der Waals surface area contributed by atoms with Gasteiger partial charge in [0.1, 0.15) is 12.4 Å². The summed E-state index contributed by atoms with van der Waals surface area (Å²) in [5.41, 5.74) is 7.49. The Kier molecular flexibility index (Phi) is 4.54. The number of hydrogen-bond donors (Lipinski definition) is 2. The van der Waals surface area contributed by atoms with Gasteiger partial charge in [0.05, 0.1) is 12.1 Å². The Morgan fingerprint density at radius 1 is 1.41 bits per heavy atom. The predicted octanol–water partition coefficient (Wildman–Crippen LogP) is 2.21. The molecule has 1 unspecified atom stereocenters. The third-order valence-electron chi connectivity index (χ3n) is 2.71. The van der Waals surface area contributed by atoms with E-state index in [4.69, 9.17) is 15.6 Å². The Morgan fingerprint density at radius 2 is 2.06 bits per heavy atom. The molecule has 1 aromatic rings. The van der Waals surface area contributed by atoms with Crippen molar-refractivity contribution in [1.82, 2.24) is 0 Å². The molecule has 0 saturated carbocycles. The smallest absolute Gasteiger partial charge is 0.123 e. The first-order valence-corrected chi connectivity index (χ1v) is 5.99. The summed E-state index contributed by atoms with van der Waals surface area (Å²) in [5, 5.41) is 9.10. The van der Waals surface area contributed by atoms with Crippen LogP contribution in [0.4, 0.5) is 0 Å². The molecular weight excluding hydrogens is 214 g/mol. The standard InChI is InChI=1S/C14H23NO2/c1-10(2)12-6-5-11(3)7-13(12)17-9-14(4,15)8-16/h5-7,10,16H,8-9,15H2,1-4H3. The largest absolute Gasteiger partial charge is 0.491 e. The molecule has 0 radical (unpaired) electrons. The van der Waals surface area contributed by atoms with Gasteiger partial charge in [-0.25, -0.2) is 0 Å². The lowest BCUT2D eigenvalue weighted by atomic mass is 10.0. The molecule has 1 aromatic carbocycles. The van der Waals surface area contributed by atoms with Gasteiger partial charge in [-0.05, 0) is 37.0 Å². The van der Waals surface area contributed by atoms with Crippen LogP contribution in [-0.4, -0.2) is 23.9 Å². The van der Waals surface area contributed by atoms with Crippen molar-refractivity contribution in [1.29, 1.82) is 0 Å². The van der Waals surface area contributed by atoms with Crippen molar-refractivity contribution in [3.63, 3.8) is 0 Å². The first-order valence-electron chi connectivity index (χ1n) is 5.99. The molecule has 3 heteroatoms. The van der Waals surface area contributed by atoms with Crippen LogP contribution in [0.3, 0.4) is 0 Å². The van der Waals surface area contributed by atoms with Gasteiger partial charge in [0, 0.05) is 0 Å². The summed E-state index contributed by atoms with van der Waals surface area (Å²) in [6, 6.07) is 6.18. The van der Waals surface area contributed by atoms with Crippen LogP contribution in [0.5, 0.6) is 5.75 Å². The van der Waals surface area contributed by atoms with Gasteiger partial charge >= 0.3 is 0 Å². The molecule has 0 aliphatic carbocycles. The maximum Gasteiger partial charge on any atom is 0.123 e. The van der Waals surface area contributed by atoms with Gasteiger partial charge in [-0.2, -0.15) is 0 Å². The monoisotopic (exact) mass is 237 g/mol. The minimum Gasteiger partial charge on any atom is -0.491 e. The van der Waals surface area contributed by atoms with Crippen molar-refractivity contribution in [3.05, 3.63) is 29.3 Å². The number of ether oxygens (including phenoxy) is 1. The van der Waals surface area contributed by atoms with Crippen molar-refractivity contribution >= 4 is 0 Å². The maximum atomic E-state index is 9.10. The Labute approximate surface area is 104 Å². The van der Waals surface area contributed by atoms with Crippen LogP contribution in [-0.2, 0) is 0 Å². The van der Waals surface area contributed by atoms with Gasteiger partial charge in [-0.15, -0.1) is 0 Å². The fraction of sp³-hybridized carbons (Fsp3) is 0.571. The van der Waals surface area contributed by atoms with Gasteiger partial charge in [0.15, 0.2) is 0 Å². The van der Waals surface area contributed by atoms with E-state index in [0.29, 0.717) is 12.5 Å². The van der Waals surface area contributed by atoms with E-state index in [1.165, 1.54) is 5.56 Å². The lowest BCUT2D eigenvalue weighted by Crippen LogP contribution is -2.46. The predicted molar refractivity (Wildman–Crippen MR) is 70.4 cm³/mol. The van der Waals surface area contributed by atoms with Crippen LogP contribution in [0.15, 0.2) is 18.2 Å². The minimum atomic E-state index is -0.696. The number of aliphatic hydroxyl groups excluding tert-OH is 1. The van der Waals surface area contributed by atoms with Crippen LogP contribution < -0.4 is 10.5 Å². The maximum absolute atomic E-state index is 9.10. The first kappa shape index (κ1) is 14.0. The highest BCUT2D eigenvalue weighted by molar-refractivity contribution is 5.39. The molecule has 3 nitrogen and oxygen atoms in total. The average Bonchev–Trinajstić information content (AvgIpc) is 2.26. The molecule has 0 saturated heterocycles. The minimum absolute atomic E-state index is 0.0875. The van der Waals surface area contributed by atoms with Crippen LogP contribution in [0.25, 0.3) is 0 Å². The summed E-state index contributed by atoms with van der Waals surface area (Å²) < 4.78 is 5.75. The molecule has 17 heavy (non-hydrogen) atoms. The molecule has 0 fully saturated rings. The second-order valence-electron chi connectivity index (χ2n) is 5.30. The van der Waals surface area contributed by atoms with Crippen molar-refractivity contribution in [3.8, 4) is 5.75 Å². The van der Waals surface area contributed by atoms with E-state index >= 15 is 0 Å². The SMILES string of the molecule is Cc1ccc(C(C)C)c(OCC(C)(N)CO)c1. The van der Waals surface area contributed by atoms with E-state index in [-0.39, 0.29) is 6.61 Å². The summed E-state index contributed by atoms with van der Waals surface area (Å²) >= 11 is 0. The molecule has 0 aliphatic rings. The average molecular weight is 237 g/mol. The Bertz CT molecular complexity index is 372. The third-order valence-corrected chi connectivity index (χ3v) is 2.71. The normalized spacial score (nSPS) is 14.8. The van der Waals surface area contributed by atoms with Gasteiger partial charge < -0.3 is 15.6 Å². The van der Waals surface area contributed by atoms with Crippen molar-refractivity contribution in [2.75, 3.05) is 13.2 Å². The van der Waals surface area contributed by atoms with Gasteiger partial charge in [0.2, 0.25) is 0 Å². The molecule has 0 heterocycles. The zero-order valence-electron chi connectivity index (χ0n) is 11.2. The fourth-order valence-corrected chi connectivity index (χ4v) is 1.53. The molecule has 0 amide bonds. The van der Waals surface area contributed by atoms with Crippen molar-refractivity contribution in [2.24, 2.45) is 5.73 Å². The number of hydrogen-bond acceptors (Lipinski definition) is 3. The van der Waals surface area contributed by atoms with E-state index < -0.39 is 5.54 Å². The topological polar surface area (TPSA) is 55.5 Å². The highest BCUT2D eigenvalue weighted by Crippen LogP contribution is 2.27. The van der Waals surface area contributed by atoms with E-state index in [1.54, 1.807) is 6.92 Å². The number of aliphatic hydroxyl groups is 1. The first-order chi connectivity index (χ1) is 7.85. The number of benzene rings is 1. The molecule has 0 aromatic heterocycles. The van der Waals surface area contributed by atoms with Crippen LogP contribution in [0.1, 0.15) is 37.8 Å². The zero-order chi connectivity index (χ0) is 13.1. The number of rotatable bonds is 5. The molecule has 3 N–H and O–H groups in total. The summed E-state index contributed by atoms with van der Waals surface area (Å²) in [7, 11) is 0. The Morgan fingerprint density at radius 3 is 2.59 bits per heavy atom. The van der Waals surface area contributed by atoms with Gasteiger partial charge in [-0.1, -0.05) is 26.0 Å². The van der Waals surface area contributed by atoms with Gasteiger partial charge in [-0.3, -0.25) is 0 Å². The molecule has 96 valence electrons. The Hall–Kier alpha value is -1.06. The number of aryl methyl sites for hydroxylation is 1. The van der Waals surface area contributed by atoms with Crippen molar-refractivity contribution < 1.29 is 9.84 Å². The van der Waals surface area contributed by atoms with Crippen LogP contribution >= 0.6 is 0 Å². The third kappa shape index (κ3) is 4.02. The second-order valence-corrected chi connectivity index (χ2v) is 5.30. The lowest BCUT2D eigenvalue weighted by molar-refractivity contribution is 0.145.